The minimum atomic E-state index is 0.252. The minimum absolute atomic E-state index is 0.252. The summed E-state index contributed by atoms with van der Waals surface area (Å²) in [4.78, 5) is 9.75. The highest BCUT2D eigenvalue weighted by molar-refractivity contribution is 6.30. The van der Waals surface area contributed by atoms with Gasteiger partial charge in [-0.2, -0.15) is 0 Å². The van der Waals surface area contributed by atoms with Gasteiger partial charge in [-0.05, 0) is 81.8 Å². The summed E-state index contributed by atoms with van der Waals surface area (Å²) in [5.41, 5.74) is 2.57. The van der Waals surface area contributed by atoms with Crippen LogP contribution in [0.2, 0.25) is 5.02 Å². The molecule has 0 atom stereocenters. The van der Waals surface area contributed by atoms with E-state index in [-0.39, 0.29) is 5.54 Å². The van der Waals surface area contributed by atoms with Crippen molar-refractivity contribution in [3.63, 3.8) is 0 Å². The Bertz CT molecular complexity index is 1320. The third kappa shape index (κ3) is 6.63. The zero-order valence-corrected chi connectivity index (χ0v) is 22.5. The van der Waals surface area contributed by atoms with E-state index in [0.29, 0.717) is 34.6 Å². The molecule has 3 aromatic carbocycles. The molecule has 0 spiro atoms. The molecule has 0 N–H and O–H groups in total. The van der Waals surface area contributed by atoms with Crippen molar-refractivity contribution in [3.05, 3.63) is 71.8 Å². The van der Waals surface area contributed by atoms with Crippen LogP contribution in [0.15, 0.2) is 71.1 Å². The Morgan fingerprint density at radius 2 is 1.65 bits per heavy atom. The normalized spacial score (nSPS) is 15.2. The third-order valence-corrected chi connectivity index (χ3v) is 6.95. The number of benzene rings is 3. The van der Waals surface area contributed by atoms with E-state index in [9.17, 15) is 0 Å². The van der Waals surface area contributed by atoms with Crippen LogP contribution in [0.25, 0.3) is 22.6 Å². The van der Waals surface area contributed by atoms with Gasteiger partial charge in [0.25, 0.3) is 0 Å². The van der Waals surface area contributed by atoms with Crippen molar-refractivity contribution in [2.75, 3.05) is 39.3 Å². The van der Waals surface area contributed by atoms with Gasteiger partial charge in [0.15, 0.2) is 5.58 Å². The first kappa shape index (κ1) is 25.6. The second-order valence-corrected chi connectivity index (χ2v) is 10.9. The molecule has 0 saturated carbocycles. The quantitative estimate of drug-likeness (QED) is 0.231. The lowest BCUT2D eigenvalue weighted by atomic mass is 10.0. The molecular formula is C30H34ClN3O3. The van der Waals surface area contributed by atoms with Crippen LogP contribution in [-0.4, -0.2) is 59.7 Å². The van der Waals surface area contributed by atoms with Gasteiger partial charge in [-0.3, -0.25) is 4.90 Å². The van der Waals surface area contributed by atoms with Gasteiger partial charge in [0.05, 0.1) is 6.61 Å². The second kappa shape index (κ2) is 11.1. The highest BCUT2D eigenvalue weighted by atomic mass is 35.5. The molecule has 2 heterocycles. The predicted molar refractivity (Wildman–Crippen MR) is 149 cm³/mol. The lowest BCUT2D eigenvalue weighted by Crippen LogP contribution is -2.53. The zero-order chi connectivity index (χ0) is 25.8. The third-order valence-electron chi connectivity index (χ3n) is 6.70. The number of hydrogen-bond acceptors (Lipinski definition) is 6. The molecule has 1 saturated heterocycles. The van der Waals surface area contributed by atoms with Crippen molar-refractivity contribution in [2.45, 2.75) is 32.7 Å². The second-order valence-electron chi connectivity index (χ2n) is 10.4. The van der Waals surface area contributed by atoms with Crippen LogP contribution in [0.1, 0.15) is 27.2 Å². The van der Waals surface area contributed by atoms with Crippen molar-refractivity contribution in [1.82, 2.24) is 14.8 Å². The standard InChI is InChI=1S/C30H34ClN3O3/c1-30(2,3)34-17-15-33(16-18-34)14-5-19-35-25-7-4-6-22(20-25)29-32-27-13-12-26(21-28(27)37-29)36-24-10-8-23(31)9-11-24/h4,6-13,20-21H,5,14-19H2,1-3H3. The summed E-state index contributed by atoms with van der Waals surface area (Å²) in [6.45, 7) is 13.1. The Balaban J connectivity index is 1.15. The average molecular weight is 520 g/mol. The molecule has 194 valence electrons. The summed E-state index contributed by atoms with van der Waals surface area (Å²) >= 11 is 5.96. The number of nitrogens with zero attached hydrogens (tertiary/aromatic N) is 3. The van der Waals surface area contributed by atoms with Crippen molar-refractivity contribution in [2.24, 2.45) is 0 Å². The Labute approximate surface area is 223 Å². The van der Waals surface area contributed by atoms with Crippen molar-refractivity contribution < 1.29 is 13.9 Å². The Morgan fingerprint density at radius 3 is 2.41 bits per heavy atom. The van der Waals surface area contributed by atoms with Crippen LogP contribution in [0.4, 0.5) is 0 Å². The Morgan fingerprint density at radius 1 is 0.892 bits per heavy atom. The first-order chi connectivity index (χ1) is 17.8. The molecular weight excluding hydrogens is 486 g/mol. The molecule has 1 aliphatic rings. The van der Waals surface area contributed by atoms with Crippen molar-refractivity contribution in [3.8, 4) is 28.7 Å². The number of oxazole rings is 1. The van der Waals surface area contributed by atoms with Crippen LogP contribution in [0.3, 0.4) is 0 Å². The van der Waals surface area contributed by atoms with Gasteiger partial charge < -0.3 is 18.8 Å². The first-order valence-corrected chi connectivity index (χ1v) is 13.3. The molecule has 7 heteroatoms. The summed E-state index contributed by atoms with van der Waals surface area (Å²) in [6, 6.07) is 20.8. The van der Waals surface area contributed by atoms with Gasteiger partial charge in [-0.15, -0.1) is 0 Å². The van der Waals surface area contributed by atoms with Crippen LogP contribution in [0, 0.1) is 0 Å². The molecule has 5 rings (SSSR count). The number of hydrogen-bond donors (Lipinski definition) is 0. The molecule has 0 unspecified atom stereocenters. The van der Waals surface area contributed by atoms with E-state index in [1.807, 2.05) is 54.6 Å². The van der Waals surface area contributed by atoms with E-state index in [2.05, 4.69) is 35.6 Å². The first-order valence-electron chi connectivity index (χ1n) is 12.9. The summed E-state index contributed by atoms with van der Waals surface area (Å²) < 4.78 is 18.1. The fourth-order valence-electron chi connectivity index (χ4n) is 4.57. The van der Waals surface area contributed by atoms with Gasteiger partial charge in [0.1, 0.15) is 22.8 Å². The molecule has 1 aliphatic heterocycles. The number of aromatic nitrogens is 1. The topological polar surface area (TPSA) is 51.0 Å². The molecule has 0 radical (unpaired) electrons. The number of ether oxygens (including phenoxy) is 2. The SMILES string of the molecule is CC(C)(C)N1CCN(CCCOc2cccc(-c3nc4ccc(Oc5ccc(Cl)cc5)cc4o3)c2)CC1. The van der Waals surface area contributed by atoms with Crippen LogP contribution in [-0.2, 0) is 0 Å². The molecule has 1 fully saturated rings. The van der Waals surface area contributed by atoms with E-state index in [4.69, 9.17) is 25.5 Å². The lowest BCUT2D eigenvalue weighted by Gasteiger charge is -2.42. The number of halogens is 1. The summed E-state index contributed by atoms with van der Waals surface area (Å²) in [5, 5.41) is 0.670. The van der Waals surface area contributed by atoms with E-state index in [1.54, 1.807) is 12.1 Å². The van der Waals surface area contributed by atoms with Gasteiger partial charge in [0.2, 0.25) is 5.89 Å². The molecule has 4 aromatic rings. The fourth-order valence-corrected chi connectivity index (χ4v) is 4.70. The highest BCUT2D eigenvalue weighted by Gasteiger charge is 2.25. The molecule has 0 bridgehead atoms. The van der Waals surface area contributed by atoms with Gasteiger partial charge in [-0.1, -0.05) is 17.7 Å². The number of fused-ring (bicyclic) bond motifs is 1. The molecule has 6 nitrogen and oxygen atoms in total. The number of piperazine rings is 1. The van der Waals surface area contributed by atoms with E-state index in [1.165, 1.54) is 0 Å². The van der Waals surface area contributed by atoms with E-state index in [0.717, 1.165) is 56.0 Å². The minimum Gasteiger partial charge on any atom is -0.494 e. The summed E-state index contributed by atoms with van der Waals surface area (Å²) in [6.07, 6.45) is 0.999. The van der Waals surface area contributed by atoms with E-state index >= 15 is 0 Å². The Hall–Kier alpha value is -3.06. The average Bonchev–Trinajstić information content (AvgIpc) is 3.32. The van der Waals surface area contributed by atoms with Gasteiger partial charge in [0, 0.05) is 54.9 Å². The van der Waals surface area contributed by atoms with Gasteiger partial charge >= 0.3 is 0 Å². The zero-order valence-electron chi connectivity index (χ0n) is 21.7. The highest BCUT2D eigenvalue weighted by Crippen LogP contribution is 2.31. The van der Waals surface area contributed by atoms with Gasteiger partial charge in [-0.25, -0.2) is 4.98 Å². The molecule has 0 aliphatic carbocycles. The Kier molecular flexibility index (Phi) is 7.70. The molecule has 1 aromatic heterocycles. The lowest BCUT2D eigenvalue weighted by molar-refractivity contribution is 0.0601. The van der Waals surface area contributed by atoms with Crippen LogP contribution >= 0.6 is 11.6 Å². The molecule has 37 heavy (non-hydrogen) atoms. The van der Waals surface area contributed by atoms with Crippen LogP contribution < -0.4 is 9.47 Å². The monoisotopic (exact) mass is 519 g/mol. The summed E-state index contributed by atoms with van der Waals surface area (Å²) in [7, 11) is 0. The maximum Gasteiger partial charge on any atom is 0.227 e. The fraction of sp³-hybridized carbons (Fsp3) is 0.367. The van der Waals surface area contributed by atoms with E-state index < -0.39 is 0 Å². The van der Waals surface area contributed by atoms with Crippen molar-refractivity contribution in [1.29, 1.82) is 0 Å². The largest absolute Gasteiger partial charge is 0.494 e. The number of rotatable bonds is 8. The van der Waals surface area contributed by atoms with Crippen molar-refractivity contribution >= 4 is 22.7 Å². The smallest absolute Gasteiger partial charge is 0.227 e. The molecule has 0 amide bonds. The summed E-state index contributed by atoms with van der Waals surface area (Å²) in [5.74, 6) is 2.76. The van der Waals surface area contributed by atoms with Crippen LogP contribution in [0.5, 0.6) is 17.2 Å². The maximum atomic E-state index is 6.07. The predicted octanol–water partition coefficient (Wildman–Crippen LogP) is 7.13. The maximum absolute atomic E-state index is 6.07.